The topological polar surface area (TPSA) is 38.7 Å². The maximum absolute atomic E-state index is 4.80. The van der Waals surface area contributed by atoms with Crippen LogP contribution in [0.3, 0.4) is 0 Å². The molecule has 0 amide bonds. The molecule has 0 radical (unpaired) electrons. The predicted molar refractivity (Wildman–Crippen MR) is 96.1 cm³/mol. The van der Waals surface area contributed by atoms with Crippen LogP contribution in [-0.4, -0.2) is 15.0 Å². The van der Waals surface area contributed by atoms with E-state index in [1.807, 2.05) is 54.7 Å². The molecular formula is C21H15N3. The molecule has 0 aliphatic rings. The number of aromatic nitrogens is 3. The summed E-state index contributed by atoms with van der Waals surface area (Å²) in [6.07, 6.45) is 5.39. The third-order valence-electron chi connectivity index (χ3n) is 3.82. The lowest BCUT2D eigenvalue weighted by Crippen LogP contribution is -1.92. The van der Waals surface area contributed by atoms with Crippen molar-refractivity contribution in [2.24, 2.45) is 0 Å². The molecule has 0 saturated carbocycles. The summed E-state index contributed by atoms with van der Waals surface area (Å²) < 4.78 is 0. The van der Waals surface area contributed by atoms with E-state index in [1.54, 1.807) is 12.4 Å². The van der Waals surface area contributed by atoms with Crippen molar-refractivity contribution in [1.82, 2.24) is 15.0 Å². The van der Waals surface area contributed by atoms with Gasteiger partial charge < -0.3 is 0 Å². The highest BCUT2D eigenvalue weighted by Gasteiger charge is 2.09. The Bertz CT molecular complexity index is 797. The molecule has 3 heterocycles. The van der Waals surface area contributed by atoms with Crippen molar-refractivity contribution < 1.29 is 0 Å². The van der Waals surface area contributed by atoms with Crippen LogP contribution in [0, 0.1) is 0 Å². The van der Waals surface area contributed by atoms with Crippen LogP contribution < -0.4 is 0 Å². The van der Waals surface area contributed by atoms with Crippen LogP contribution in [0.15, 0.2) is 91.4 Å². The van der Waals surface area contributed by atoms with Crippen molar-refractivity contribution in [3.05, 3.63) is 91.4 Å². The van der Waals surface area contributed by atoms with Gasteiger partial charge in [-0.25, -0.2) is 4.98 Å². The minimum atomic E-state index is 0.857. The monoisotopic (exact) mass is 309 g/mol. The predicted octanol–water partition coefficient (Wildman–Crippen LogP) is 4.87. The smallest absolute Gasteiger partial charge is 0.0899 e. The van der Waals surface area contributed by atoms with E-state index in [-0.39, 0.29) is 0 Å². The summed E-state index contributed by atoms with van der Waals surface area (Å²) in [5, 5.41) is 0. The Balaban J connectivity index is 1.92. The summed E-state index contributed by atoms with van der Waals surface area (Å²) in [6.45, 7) is 0. The maximum Gasteiger partial charge on any atom is 0.0899 e. The zero-order chi connectivity index (χ0) is 16.2. The number of hydrogen-bond donors (Lipinski definition) is 0. The molecule has 0 fully saturated rings. The average molecular weight is 309 g/mol. The third-order valence-corrected chi connectivity index (χ3v) is 3.82. The van der Waals surface area contributed by atoms with Crippen molar-refractivity contribution >= 4 is 0 Å². The fourth-order valence-corrected chi connectivity index (χ4v) is 2.64. The lowest BCUT2D eigenvalue weighted by atomic mass is 10.0. The zero-order valence-electron chi connectivity index (χ0n) is 13.0. The maximum atomic E-state index is 4.80. The summed E-state index contributed by atoms with van der Waals surface area (Å²) in [5.74, 6) is 0. The molecular weight excluding hydrogens is 294 g/mol. The van der Waals surface area contributed by atoms with Gasteiger partial charge in [0.2, 0.25) is 0 Å². The standard InChI is InChI=1S/C21H15N3/c1-2-7-16(8-3-1)18-13-20(17-9-6-11-22-15-17)24-21(14-18)19-10-4-5-12-23-19/h1-15H. The normalized spacial score (nSPS) is 10.5. The fourth-order valence-electron chi connectivity index (χ4n) is 2.64. The van der Waals surface area contributed by atoms with Gasteiger partial charge in [0.25, 0.3) is 0 Å². The highest BCUT2D eigenvalue weighted by Crippen LogP contribution is 2.28. The van der Waals surface area contributed by atoms with Crippen LogP contribution in [0.4, 0.5) is 0 Å². The van der Waals surface area contributed by atoms with Gasteiger partial charge in [-0.2, -0.15) is 0 Å². The molecule has 0 N–H and O–H groups in total. The van der Waals surface area contributed by atoms with Gasteiger partial charge in [-0.3, -0.25) is 9.97 Å². The van der Waals surface area contributed by atoms with Crippen molar-refractivity contribution in [3.8, 4) is 33.8 Å². The van der Waals surface area contributed by atoms with Crippen LogP contribution in [0.5, 0.6) is 0 Å². The molecule has 114 valence electrons. The Hall–Kier alpha value is -3.33. The molecule has 0 atom stereocenters. The molecule has 0 unspecified atom stereocenters. The van der Waals surface area contributed by atoms with Gasteiger partial charge in [0.05, 0.1) is 17.1 Å². The number of nitrogens with zero attached hydrogens (tertiary/aromatic N) is 3. The van der Waals surface area contributed by atoms with E-state index in [4.69, 9.17) is 4.98 Å². The number of pyridine rings is 3. The fraction of sp³-hybridized carbons (Fsp3) is 0. The average Bonchev–Trinajstić information content (AvgIpc) is 2.70. The first-order valence-electron chi connectivity index (χ1n) is 7.79. The van der Waals surface area contributed by atoms with Gasteiger partial charge in [0, 0.05) is 24.2 Å². The Labute approximate surface area is 140 Å². The highest BCUT2D eigenvalue weighted by molar-refractivity contribution is 5.75. The third kappa shape index (κ3) is 2.92. The van der Waals surface area contributed by atoms with E-state index in [9.17, 15) is 0 Å². The SMILES string of the molecule is c1ccc(-c2cc(-c3cccnc3)nc(-c3ccccn3)c2)cc1. The second-order valence-electron chi connectivity index (χ2n) is 5.45. The Kier molecular flexibility index (Phi) is 3.82. The molecule has 0 spiro atoms. The number of hydrogen-bond acceptors (Lipinski definition) is 3. The molecule has 3 nitrogen and oxygen atoms in total. The van der Waals surface area contributed by atoms with E-state index in [2.05, 4.69) is 34.2 Å². The van der Waals surface area contributed by atoms with Crippen molar-refractivity contribution in [2.75, 3.05) is 0 Å². The Morgan fingerprint density at radius 2 is 1.33 bits per heavy atom. The summed E-state index contributed by atoms with van der Waals surface area (Å²) in [5.41, 5.74) is 5.88. The van der Waals surface area contributed by atoms with E-state index in [1.165, 1.54) is 0 Å². The summed E-state index contributed by atoms with van der Waals surface area (Å²) in [4.78, 5) is 13.4. The van der Waals surface area contributed by atoms with E-state index >= 15 is 0 Å². The quantitative estimate of drug-likeness (QED) is 0.542. The van der Waals surface area contributed by atoms with Crippen molar-refractivity contribution in [3.63, 3.8) is 0 Å². The molecule has 0 saturated heterocycles. The van der Waals surface area contributed by atoms with Crippen molar-refractivity contribution in [1.29, 1.82) is 0 Å². The minimum absolute atomic E-state index is 0.857. The summed E-state index contributed by atoms with van der Waals surface area (Å²) >= 11 is 0. The first-order valence-corrected chi connectivity index (χ1v) is 7.79. The van der Waals surface area contributed by atoms with E-state index < -0.39 is 0 Å². The molecule has 0 bridgehead atoms. The molecule has 1 aromatic carbocycles. The first kappa shape index (κ1) is 14.3. The van der Waals surface area contributed by atoms with Crippen molar-refractivity contribution in [2.45, 2.75) is 0 Å². The number of benzene rings is 1. The van der Waals surface area contributed by atoms with Gasteiger partial charge in [-0.1, -0.05) is 36.4 Å². The van der Waals surface area contributed by atoms with Gasteiger partial charge >= 0.3 is 0 Å². The lowest BCUT2D eigenvalue weighted by Gasteiger charge is -2.09. The van der Waals surface area contributed by atoms with Crippen LogP contribution in [-0.2, 0) is 0 Å². The van der Waals surface area contributed by atoms with E-state index in [0.29, 0.717) is 0 Å². The van der Waals surface area contributed by atoms with Gasteiger partial charge in [0.1, 0.15) is 0 Å². The second kappa shape index (κ2) is 6.42. The molecule has 0 aliphatic carbocycles. The highest BCUT2D eigenvalue weighted by atomic mass is 14.8. The van der Waals surface area contributed by atoms with Crippen LogP contribution in [0.1, 0.15) is 0 Å². The molecule has 24 heavy (non-hydrogen) atoms. The largest absolute Gasteiger partial charge is 0.264 e. The molecule has 4 rings (SSSR count). The second-order valence-corrected chi connectivity index (χ2v) is 5.45. The molecule has 3 aromatic heterocycles. The molecule has 0 aliphatic heterocycles. The van der Waals surface area contributed by atoms with Gasteiger partial charge in [-0.05, 0) is 47.5 Å². The van der Waals surface area contributed by atoms with Gasteiger partial charge in [0.15, 0.2) is 0 Å². The van der Waals surface area contributed by atoms with Crippen LogP contribution in [0.25, 0.3) is 33.8 Å². The lowest BCUT2D eigenvalue weighted by molar-refractivity contribution is 1.24. The first-order chi connectivity index (χ1) is 11.9. The molecule has 3 heteroatoms. The minimum Gasteiger partial charge on any atom is -0.264 e. The summed E-state index contributed by atoms with van der Waals surface area (Å²) in [7, 11) is 0. The zero-order valence-corrected chi connectivity index (χ0v) is 13.0. The molecule has 4 aromatic rings. The van der Waals surface area contributed by atoms with Crippen LogP contribution in [0.2, 0.25) is 0 Å². The van der Waals surface area contributed by atoms with Crippen LogP contribution >= 0.6 is 0 Å². The summed E-state index contributed by atoms with van der Waals surface area (Å²) in [6, 6.07) is 24.3. The Morgan fingerprint density at radius 1 is 0.542 bits per heavy atom. The number of rotatable bonds is 3. The Morgan fingerprint density at radius 3 is 2.08 bits per heavy atom. The van der Waals surface area contributed by atoms with E-state index in [0.717, 1.165) is 33.8 Å². The van der Waals surface area contributed by atoms with Gasteiger partial charge in [-0.15, -0.1) is 0 Å².